The number of sulfonamides is 1. The van der Waals surface area contributed by atoms with E-state index in [4.69, 9.17) is 9.15 Å². The molecule has 0 saturated heterocycles. The second-order valence-electron chi connectivity index (χ2n) is 6.05. The van der Waals surface area contributed by atoms with Crippen LogP contribution in [-0.4, -0.2) is 21.0 Å². The molecule has 3 rings (SSSR count). The van der Waals surface area contributed by atoms with Crippen LogP contribution >= 0.6 is 0 Å². The van der Waals surface area contributed by atoms with Gasteiger partial charge >= 0.3 is 15.5 Å². The summed E-state index contributed by atoms with van der Waals surface area (Å²) in [5.74, 6) is 0.779. The van der Waals surface area contributed by atoms with Crippen LogP contribution in [-0.2, 0) is 29.4 Å². The zero-order valence-corrected chi connectivity index (χ0v) is 14.9. The maximum Gasteiger partial charge on any atom is 0.516 e. The largest absolute Gasteiger partial charge is 0.516 e. The fourth-order valence-electron chi connectivity index (χ4n) is 2.90. The minimum atomic E-state index is -5.60. The molecule has 0 radical (unpaired) electrons. The third-order valence-corrected chi connectivity index (χ3v) is 5.77. The van der Waals surface area contributed by atoms with Crippen LogP contribution in [0.3, 0.4) is 0 Å². The van der Waals surface area contributed by atoms with Crippen molar-refractivity contribution in [2.24, 2.45) is 0 Å². The number of rotatable bonds is 5. The van der Waals surface area contributed by atoms with Crippen LogP contribution in [0.25, 0.3) is 0 Å². The first-order valence-electron chi connectivity index (χ1n) is 8.06. The van der Waals surface area contributed by atoms with E-state index < -0.39 is 22.1 Å². The average Bonchev–Trinajstić information content (AvgIpc) is 3.02. The third kappa shape index (κ3) is 3.53. The molecule has 2 aromatic rings. The van der Waals surface area contributed by atoms with E-state index >= 15 is 0 Å². The first kappa shape index (κ1) is 18.6. The summed E-state index contributed by atoms with van der Waals surface area (Å²) in [4.78, 5) is 0. The first-order valence-corrected chi connectivity index (χ1v) is 9.50. The van der Waals surface area contributed by atoms with Gasteiger partial charge < -0.3 is 9.15 Å². The average molecular weight is 389 g/mol. The molecule has 0 spiro atoms. The topological polar surface area (TPSA) is 59.8 Å². The van der Waals surface area contributed by atoms with Gasteiger partial charge in [-0.25, -0.2) is 4.31 Å². The molecule has 0 saturated carbocycles. The van der Waals surface area contributed by atoms with Crippen molar-refractivity contribution in [2.45, 2.75) is 37.7 Å². The van der Waals surface area contributed by atoms with E-state index in [0.29, 0.717) is 29.9 Å². The van der Waals surface area contributed by atoms with Gasteiger partial charge in [0.05, 0.1) is 13.7 Å². The van der Waals surface area contributed by atoms with Gasteiger partial charge in [-0.3, -0.25) is 0 Å². The molecule has 1 aromatic carbocycles. The maximum atomic E-state index is 13.2. The van der Waals surface area contributed by atoms with Crippen LogP contribution < -0.4 is 9.04 Å². The smallest absolute Gasteiger partial charge is 0.497 e. The normalized spacial score (nSPS) is 14.8. The number of nitrogens with zero attached hydrogens (tertiary/aromatic N) is 1. The molecule has 0 atom stereocenters. The molecule has 9 heteroatoms. The number of hydrogen-bond acceptors (Lipinski definition) is 4. The van der Waals surface area contributed by atoms with Crippen LogP contribution in [0.1, 0.15) is 29.7 Å². The molecule has 0 bridgehead atoms. The second kappa shape index (κ2) is 6.86. The fourth-order valence-corrected chi connectivity index (χ4v) is 3.80. The van der Waals surface area contributed by atoms with Crippen LogP contribution in [0.15, 0.2) is 34.7 Å². The van der Waals surface area contributed by atoms with Gasteiger partial charge in [0.1, 0.15) is 11.5 Å². The lowest BCUT2D eigenvalue weighted by Crippen LogP contribution is -2.40. The third-order valence-electron chi connectivity index (χ3n) is 4.30. The number of furan rings is 1. The van der Waals surface area contributed by atoms with Crippen LogP contribution in [0.4, 0.5) is 19.1 Å². The molecule has 1 heterocycles. The Bertz CT molecular complexity index is 849. The molecule has 0 aliphatic heterocycles. The van der Waals surface area contributed by atoms with Crippen molar-refractivity contribution in [2.75, 3.05) is 11.4 Å². The summed E-state index contributed by atoms with van der Waals surface area (Å²) in [6.07, 6.45) is 3.03. The van der Waals surface area contributed by atoms with E-state index in [0.717, 1.165) is 18.4 Å². The van der Waals surface area contributed by atoms with Gasteiger partial charge in [0.2, 0.25) is 5.88 Å². The van der Waals surface area contributed by atoms with Crippen molar-refractivity contribution >= 4 is 15.9 Å². The van der Waals surface area contributed by atoms with Crippen LogP contribution in [0.2, 0.25) is 0 Å². The minimum Gasteiger partial charge on any atom is -0.497 e. The molecular weight excluding hydrogens is 371 g/mol. The summed E-state index contributed by atoms with van der Waals surface area (Å²) >= 11 is 0. The van der Waals surface area contributed by atoms with Crippen molar-refractivity contribution in [3.63, 3.8) is 0 Å². The molecule has 1 aromatic heterocycles. The number of halogens is 3. The highest BCUT2D eigenvalue weighted by molar-refractivity contribution is 7.93. The van der Waals surface area contributed by atoms with Gasteiger partial charge in [0.15, 0.2) is 0 Å². The summed E-state index contributed by atoms with van der Waals surface area (Å²) < 4.78 is 74.5. The van der Waals surface area contributed by atoms with Crippen molar-refractivity contribution in [1.82, 2.24) is 0 Å². The van der Waals surface area contributed by atoms with E-state index in [1.54, 1.807) is 12.1 Å². The zero-order valence-electron chi connectivity index (χ0n) is 14.0. The summed E-state index contributed by atoms with van der Waals surface area (Å²) in [6.45, 7) is -0.488. The summed E-state index contributed by atoms with van der Waals surface area (Å²) in [6, 6.07) is 7.55. The molecule has 0 fully saturated rings. The van der Waals surface area contributed by atoms with Crippen LogP contribution in [0, 0.1) is 0 Å². The van der Waals surface area contributed by atoms with Crippen molar-refractivity contribution in [3.05, 3.63) is 47.2 Å². The number of anilines is 1. The second-order valence-corrected chi connectivity index (χ2v) is 7.90. The standard InChI is InChI=1S/C17H18F3NO4S/c1-24-14-8-6-12(7-9-14)11-21(26(22,23)17(18,19)20)16-10-13-4-2-3-5-15(13)25-16/h6-10H,2-5,11H2,1H3. The Morgan fingerprint density at radius 3 is 2.38 bits per heavy atom. The number of benzene rings is 1. The summed E-state index contributed by atoms with van der Waals surface area (Å²) in [7, 11) is -4.14. The molecule has 0 unspecified atom stereocenters. The molecule has 142 valence electrons. The number of hydrogen-bond donors (Lipinski definition) is 0. The highest BCUT2D eigenvalue weighted by Crippen LogP contribution is 2.36. The van der Waals surface area contributed by atoms with Crippen molar-refractivity contribution < 1.29 is 30.7 Å². The minimum absolute atomic E-state index is 0.285. The number of methoxy groups -OCH3 is 1. The van der Waals surface area contributed by atoms with Crippen LogP contribution in [0.5, 0.6) is 5.75 Å². The SMILES string of the molecule is COc1ccc(CN(c2cc3c(o2)CCCC3)S(=O)(=O)C(F)(F)F)cc1. The Morgan fingerprint density at radius 1 is 1.15 bits per heavy atom. The van der Waals surface area contributed by atoms with Gasteiger partial charge in [-0.2, -0.15) is 21.6 Å². The molecule has 1 aliphatic carbocycles. The van der Waals surface area contributed by atoms with E-state index in [-0.39, 0.29) is 10.2 Å². The van der Waals surface area contributed by atoms with Gasteiger partial charge in [-0.05, 0) is 42.5 Å². The molecule has 5 nitrogen and oxygen atoms in total. The predicted octanol–water partition coefficient (Wildman–Crippen LogP) is 4.02. The fraction of sp³-hybridized carbons (Fsp3) is 0.412. The Labute approximate surface area is 149 Å². The lowest BCUT2D eigenvalue weighted by atomic mass is 9.99. The zero-order chi connectivity index (χ0) is 18.9. The predicted molar refractivity (Wildman–Crippen MR) is 89.5 cm³/mol. The van der Waals surface area contributed by atoms with Crippen molar-refractivity contribution in [3.8, 4) is 5.75 Å². The molecule has 1 aliphatic rings. The van der Waals surface area contributed by atoms with Gasteiger partial charge in [0.25, 0.3) is 0 Å². The van der Waals surface area contributed by atoms with E-state index in [1.807, 2.05) is 0 Å². The highest BCUT2D eigenvalue weighted by Gasteiger charge is 2.51. The highest BCUT2D eigenvalue weighted by atomic mass is 32.2. The lowest BCUT2D eigenvalue weighted by Gasteiger charge is -2.23. The lowest BCUT2D eigenvalue weighted by molar-refractivity contribution is -0.0439. The summed E-state index contributed by atoms with van der Waals surface area (Å²) in [5.41, 5.74) is -4.27. The molecule has 26 heavy (non-hydrogen) atoms. The molecular formula is C17H18F3NO4S. The number of aryl methyl sites for hydroxylation is 2. The Balaban J connectivity index is 2.00. The van der Waals surface area contributed by atoms with E-state index in [1.165, 1.54) is 25.3 Å². The van der Waals surface area contributed by atoms with E-state index in [9.17, 15) is 21.6 Å². The summed E-state index contributed by atoms with van der Waals surface area (Å²) in [5, 5.41) is 0. The van der Waals surface area contributed by atoms with E-state index in [2.05, 4.69) is 0 Å². The molecule has 0 N–H and O–H groups in total. The first-order chi connectivity index (χ1) is 12.2. The van der Waals surface area contributed by atoms with Gasteiger partial charge in [0, 0.05) is 12.5 Å². The number of ether oxygens (including phenoxy) is 1. The Kier molecular flexibility index (Phi) is 4.92. The molecule has 0 amide bonds. The van der Waals surface area contributed by atoms with Gasteiger partial charge in [-0.1, -0.05) is 12.1 Å². The Hall–Kier alpha value is -2.16. The van der Waals surface area contributed by atoms with Gasteiger partial charge in [-0.15, -0.1) is 0 Å². The maximum absolute atomic E-state index is 13.2. The number of alkyl halides is 3. The monoisotopic (exact) mass is 389 g/mol. The quantitative estimate of drug-likeness (QED) is 0.775. The number of fused-ring (bicyclic) bond motifs is 1. The van der Waals surface area contributed by atoms with Crippen molar-refractivity contribution in [1.29, 1.82) is 0 Å². The Morgan fingerprint density at radius 2 is 1.81 bits per heavy atom.